The van der Waals surface area contributed by atoms with Crippen molar-refractivity contribution in [2.75, 3.05) is 0 Å². The summed E-state index contributed by atoms with van der Waals surface area (Å²) in [5.74, 6) is -0.974. The van der Waals surface area contributed by atoms with Gasteiger partial charge in [0.05, 0.1) is 21.7 Å². The number of hydrogen-bond acceptors (Lipinski definition) is 3. The van der Waals surface area contributed by atoms with Crippen molar-refractivity contribution in [3.05, 3.63) is 51.9 Å². The second-order valence-electron chi connectivity index (χ2n) is 4.64. The highest BCUT2D eigenvalue weighted by Gasteiger charge is 2.14. The molecule has 0 radical (unpaired) electrons. The standard InChI is InChI=1S/C16H12ClNO2S/c1-2-10-4-6-15(21-10)14-8-12(16(19)20)11-7-9(17)3-5-13(11)18-14/h3-8H,2H2,1H3,(H,19,20). The van der Waals surface area contributed by atoms with Gasteiger partial charge < -0.3 is 5.11 Å². The number of pyridine rings is 1. The number of carboxylic acid groups (broad SMARTS) is 1. The Morgan fingerprint density at radius 2 is 2.10 bits per heavy atom. The summed E-state index contributed by atoms with van der Waals surface area (Å²) < 4.78 is 0. The van der Waals surface area contributed by atoms with E-state index in [2.05, 4.69) is 11.9 Å². The lowest BCUT2D eigenvalue weighted by Crippen LogP contribution is -1.99. The summed E-state index contributed by atoms with van der Waals surface area (Å²) in [6.45, 7) is 2.09. The van der Waals surface area contributed by atoms with Crippen LogP contribution in [0.15, 0.2) is 36.4 Å². The zero-order valence-corrected chi connectivity index (χ0v) is 12.8. The fourth-order valence-corrected chi connectivity index (χ4v) is 3.29. The Balaban J connectivity index is 2.25. The summed E-state index contributed by atoms with van der Waals surface area (Å²) in [6, 6.07) is 10.8. The van der Waals surface area contributed by atoms with Crippen molar-refractivity contribution in [1.82, 2.24) is 4.98 Å². The Labute approximate surface area is 130 Å². The topological polar surface area (TPSA) is 50.2 Å². The minimum Gasteiger partial charge on any atom is -0.478 e. The van der Waals surface area contributed by atoms with Crippen LogP contribution in [0.4, 0.5) is 0 Å². The molecule has 3 nitrogen and oxygen atoms in total. The number of carbonyl (C=O) groups is 1. The molecule has 2 aromatic heterocycles. The fourth-order valence-electron chi connectivity index (χ4n) is 2.21. The van der Waals surface area contributed by atoms with Gasteiger partial charge >= 0.3 is 5.97 Å². The van der Waals surface area contributed by atoms with Gasteiger partial charge in [-0.15, -0.1) is 11.3 Å². The summed E-state index contributed by atoms with van der Waals surface area (Å²) in [5.41, 5.74) is 1.55. The molecular weight excluding hydrogens is 306 g/mol. The lowest BCUT2D eigenvalue weighted by Gasteiger charge is -2.06. The van der Waals surface area contributed by atoms with Gasteiger partial charge in [-0.2, -0.15) is 0 Å². The maximum absolute atomic E-state index is 11.5. The minimum absolute atomic E-state index is 0.226. The first-order chi connectivity index (χ1) is 10.1. The van der Waals surface area contributed by atoms with Crippen molar-refractivity contribution in [2.45, 2.75) is 13.3 Å². The van der Waals surface area contributed by atoms with E-state index in [0.717, 1.165) is 11.3 Å². The molecule has 0 aliphatic heterocycles. The van der Waals surface area contributed by atoms with Crippen LogP contribution in [0.25, 0.3) is 21.5 Å². The number of benzene rings is 1. The van der Waals surface area contributed by atoms with E-state index < -0.39 is 5.97 Å². The van der Waals surface area contributed by atoms with Gasteiger partial charge in [-0.3, -0.25) is 0 Å². The van der Waals surface area contributed by atoms with E-state index in [1.807, 2.05) is 12.1 Å². The number of halogens is 1. The van der Waals surface area contributed by atoms with Crippen molar-refractivity contribution >= 4 is 39.8 Å². The summed E-state index contributed by atoms with van der Waals surface area (Å²) >= 11 is 7.59. The van der Waals surface area contributed by atoms with Crippen LogP contribution >= 0.6 is 22.9 Å². The van der Waals surface area contributed by atoms with Gasteiger partial charge in [-0.1, -0.05) is 18.5 Å². The molecular formula is C16H12ClNO2S. The van der Waals surface area contributed by atoms with E-state index in [0.29, 0.717) is 21.6 Å². The average molecular weight is 318 g/mol. The number of hydrogen-bond donors (Lipinski definition) is 1. The number of aryl methyl sites for hydroxylation is 1. The van der Waals surface area contributed by atoms with Crippen LogP contribution in [0.5, 0.6) is 0 Å². The highest BCUT2D eigenvalue weighted by molar-refractivity contribution is 7.15. The molecule has 0 unspecified atom stereocenters. The molecule has 0 saturated carbocycles. The van der Waals surface area contributed by atoms with Gasteiger partial charge in [-0.05, 0) is 42.8 Å². The second kappa shape index (κ2) is 5.47. The normalized spacial score (nSPS) is 11.0. The number of nitrogens with zero attached hydrogens (tertiary/aromatic N) is 1. The van der Waals surface area contributed by atoms with Gasteiger partial charge in [0, 0.05) is 15.3 Å². The number of rotatable bonds is 3. The third-order valence-corrected chi connectivity index (χ3v) is 4.75. The van der Waals surface area contributed by atoms with E-state index in [4.69, 9.17) is 11.6 Å². The maximum Gasteiger partial charge on any atom is 0.336 e. The molecule has 5 heteroatoms. The molecule has 0 spiro atoms. The summed E-state index contributed by atoms with van der Waals surface area (Å²) in [6.07, 6.45) is 0.958. The Hall–Kier alpha value is -1.91. The monoisotopic (exact) mass is 317 g/mol. The van der Waals surface area contributed by atoms with E-state index in [1.165, 1.54) is 4.88 Å². The van der Waals surface area contributed by atoms with Crippen molar-refractivity contribution in [2.24, 2.45) is 0 Å². The molecule has 3 rings (SSSR count). The van der Waals surface area contributed by atoms with Crippen molar-refractivity contribution in [3.63, 3.8) is 0 Å². The van der Waals surface area contributed by atoms with Gasteiger partial charge in [-0.25, -0.2) is 9.78 Å². The third-order valence-electron chi connectivity index (χ3n) is 3.26. The van der Waals surface area contributed by atoms with Crippen LogP contribution in [0.3, 0.4) is 0 Å². The molecule has 0 saturated heterocycles. The van der Waals surface area contributed by atoms with E-state index in [1.54, 1.807) is 35.6 Å². The molecule has 1 N–H and O–H groups in total. The first-order valence-electron chi connectivity index (χ1n) is 6.51. The minimum atomic E-state index is -0.974. The number of thiophene rings is 1. The predicted molar refractivity (Wildman–Crippen MR) is 86.4 cm³/mol. The molecule has 21 heavy (non-hydrogen) atoms. The third kappa shape index (κ3) is 2.64. The van der Waals surface area contributed by atoms with Crippen LogP contribution in [0.2, 0.25) is 5.02 Å². The van der Waals surface area contributed by atoms with Crippen LogP contribution in [-0.2, 0) is 6.42 Å². The fraction of sp³-hybridized carbons (Fsp3) is 0.125. The van der Waals surface area contributed by atoms with Gasteiger partial charge in [0.25, 0.3) is 0 Å². The summed E-state index contributed by atoms with van der Waals surface area (Å²) in [4.78, 5) is 18.3. The predicted octanol–water partition coefficient (Wildman–Crippen LogP) is 4.88. The highest BCUT2D eigenvalue weighted by atomic mass is 35.5. The highest BCUT2D eigenvalue weighted by Crippen LogP contribution is 2.31. The van der Waals surface area contributed by atoms with Gasteiger partial charge in [0.15, 0.2) is 0 Å². The largest absolute Gasteiger partial charge is 0.478 e. The van der Waals surface area contributed by atoms with E-state index in [9.17, 15) is 9.90 Å². The molecule has 0 amide bonds. The SMILES string of the molecule is CCc1ccc(-c2cc(C(=O)O)c3cc(Cl)ccc3n2)s1. The molecule has 3 aromatic rings. The molecule has 0 atom stereocenters. The molecule has 1 aromatic carbocycles. The number of carboxylic acids is 1. The second-order valence-corrected chi connectivity index (χ2v) is 6.25. The van der Waals surface area contributed by atoms with Crippen molar-refractivity contribution < 1.29 is 9.90 Å². The molecule has 0 aliphatic carbocycles. The summed E-state index contributed by atoms with van der Waals surface area (Å²) in [5, 5.41) is 10.5. The Morgan fingerprint density at radius 1 is 1.29 bits per heavy atom. The van der Waals surface area contributed by atoms with Crippen LogP contribution < -0.4 is 0 Å². The summed E-state index contributed by atoms with van der Waals surface area (Å²) in [7, 11) is 0. The van der Waals surface area contributed by atoms with E-state index in [-0.39, 0.29) is 5.56 Å². The molecule has 106 valence electrons. The van der Waals surface area contributed by atoms with Crippen LogP contribution in [-0.4, -0.2) is 16.1 Å². The lowest BCUT2D eigenvalue weighted by atomic mass is 10.1. The molecule has 0 aliphatic rings. The van der Waals surface area contributed by atoms with Crippen LogP contribution in [0, 0.1) is 0 Å². The molecule has 0 bridgehead atoms. The van der Waals surface area contributed by atoms with Crippen molar-refractivity contribution in [3.8, 4) is 10.6 Å². The van der Waals surface area contributed by atoms with Crippen molar-refractivity contribution in [1.29, 1.82) is 0 Å². The average Bonchev–Trinajstić information content (AvgIpc) is 2.95. The van der Waals surface area contributed by atoms with Crippen LogP contribution in [0.1, 0.15) is 22.2 Å². The molecule has 0 fully saturated rings. The maximum atomic E-state index is 11.5. The Morgan fingerprint density at radius 3 is 2.76 bits per heavy atom. The first-order valence-corrected chi connectivity index (χ1v) is 7.70. The van der Waals surface area contributed by atoms with Gasteiger partial charge in [0.2, 0.25) is 0 Å². The zero-order valence-electron chi connectivity index (χ0n) is 11.3. The quantitative estimate of drug-likeness (QED) is 0.749. The Kier molecular flexibility index (Phi) is 3.66. The van der Waals surface area contributed by atoms with Gasteiger partial charge in [0.1, 0.15) is 0 Å². The lowest BCUT2D eigenvalue weighted by molar-refractivity contribution is 0.0699. The molecule has 2 heterocycles. The van der Waals surface area contributed by atoms with E-state index >= 15 is 0 Å². The zero-order chi connectivity index (χ0) is 15.0. The number of aromatic nitrogens is 1. The smallest absolute Gasteiger partial charge is 0.336 e. The number of fused-ring (bicyclic) bond motifs is 1. The first kappa shape index (κ1) is 14.0. The number of aromatic carboxylic acids is 1. The Bertz CT molecular complexity index is 841.